The van der Waals surface area contributed by atoms with Crippen LogP contribution in [0.3, 0.4) is 0 Å². The lowest BCUT2D eigenvalue weighted by Crippen LogP contribution is -2.71. The van der Waals surface area contributed by atoms with Crippen LogP contribution in [0.4, 0.5) is 39.5 Å². The molecule has 14 heteroatoms. The number of ether oxygens (including phenoxy) is 2. The van der Waals surface area contributed by atoms with Gasteiger partial charge in [-0.2, -0.15) is 26.3 Å². The van der Waals surface area contributed by atoms with Gasteiger partial charge in [0.05, 0.1) is 0 Å². The SMILES string of the molecule is O=C(OCCOC(=O)C([O-])(C(F)(F)F)C(F)(F)F)c1c(F)cc(F)cc1F. The number of halogens is 9. The second-order valence-electron chi connectivity index (χ2n) is 4.69. The van der Waals surface area contributed by atoms with Crippen molar-refractivity contribution in [2.45, 2.75) is 18.0 Å². The Hall–Kier alpha value is -2.51. The lowest BCUT2D eigenvalue weighted by atomic mass is 10.0. The highest BCUT2D eigenvalue weighted by atomic mass is 19.4. The molecule has 1 rings (SSSR count). The first-order chi connectivity index (χ1) is 12.1. The molecule has 0 radical (unpaired) electrons. The minimum atomic E-state index is -6.58. The van der Waals surface area contributed by atoms with Gasteiger partial charge < -0.3 is 14.6 Å². The molecule has 0 fully saturated rings. The fourth-order valence-electron chi connectivity index (χ4n) is 1.57. The first-order valence-corrected chi connectivity index (χ1v) is 6.45. The molecule has 0 saturated carbocycles. The van der Waals surface area contributed by atoms with Crippen LogP contribution in [0.1, 0.15) is 10.4 Å². The van der Waals surface area contributed by atoms with E-state index >= 15 is 0 Å². The summed E-state index contributed by atoms with van der Waals surface area (Å²) >= 11 is 0. The van der Waals surface area contributed by atoms with Crippen LogP contribution in [-0.2, 0) is 14.3 Å². The number of alkyl halides is 6. The highest BCUT2D eigenvalue weighted by Crippen LogP contribution is 2.41. The largest absolute Gasteiger partial charge is 0.828 e. The number of benzene rings is 1. The Morgan fingerprint density at radius 1 is 0.852 bits per heavy atom. The van der Waals surface area contributed by atoms with Gasteiger partial charge in [0.2, 0.25) is 0 Å². The molecule has 27 heavy (non-hydrogen) atoms. The van der Waals surface area contributed by atoms with E-state index in [1.54, 1.807) is 0 Å². The molecule has 1 aromatic carbocycles. The van der Waals surface area contributed by atoms with E-state index in [4.69, 9.17) is 0 Å². The predicted molar refractivity (Wildman–Crippen MR) is 62.4 cm³/mol. The summed E-state index contributed by atoms with van der Waals surface area (Å²) in [5, 5.41) is 10.9. The van der Waals surface area contributed by atoms with Gasteiger partial charge in [-0.1, -0.05) is 0 Å². The molecule has 5 nitrogen and oxygen atoms in total. The molecule has 0 spiro atoms. The highest BCUT2D eigenvalue weighted by molar-refractivity contribution is 5.90. The van der Waals surface area contributed by atoms with Gasteiger partial charge >= 0.3 is 24.3 Å². The van der Waals surface area contributed by atoms with E-state index in [-0.39, 0.29) is 12.1 Å². The maximum absolute atomic E-state index is 13.3. The summed E-state index contributed by atoms with van der Waals surface area (Å²) in [6.07, 6.45) is -13.2. The topological polar surface area (TPSA) is 75.7 Å². The molecule has 0 N–H and O–H groups in total. The highest BCUT2D eigenvalue weighted by Gasteiger charge is 2.68. The van der Waals surface area contributed by atoms with Gasteiger partial charge in [-0.3, -0.25) is 4.79 Å². The number of carbonyl (C=O) groups is 2. The average Bonchev–Trinajstić information content (AvgIpc) is 2.47. The maximum atomic E-state index is 13.3. The maximum Gasteiger partial charge on any atom is 0.399 e. The van der Waals surface area contributed by atoms with Crippen LogP contribution >= 0.6 is 0 Å². The van der Waals surface area contributed by atoms with Crippen molar-refractivity contribution in [3.63, 3.8) is 0 Å². The number of rotatable bonds is 5. The number of carbonyl (C=O) groups excluding carboxylic acids is 2. The van der Waals surface area contributed by atoms with E-state index in [0.717, 1.165) is 0 Å². The van der Waals surface area contributed by atoms with Crippen LogP contribution in [0.2, 0.25) is 0 Å². The second kappa shape index (κ2) is 7.62. The third-order valence-electron chi connectivity index (χ3n) is 2.85. The molecule has 0 unspecified atom stereocenters. The Morgan fingerprint density at radius 2 is 1.26 bits per heavy atom. The Morgan fingerprint density at radius 3 is 1.67 bits per heavy atom. The minimum Gasteiger partial charge on any atom is -0.828 e. The van der Waals surface area contributed by atoms with Crippen LogP contribution in [0.25, 0.3) is 0 Å². The second-order valence-corrected chi connectivity index (χ2v) is 4.69. The van der Waals surface area contributed by atoms with Gasteiger partial charge in [-0.25, -0.2) is 18.0 Å². The molecule has 0 aromatic heterocycles. The van der Waals surface area contributed by atoms with E-state index in [0.29, 0.717) is 0 Å². The van der Waals surface area contributed by atoms with E-state index in [9.17, 15) is 54.2 Å². The molecule has 0 aliphatic heterocycles. The summed E-state index contributed by atoms with van der Waals surface area (Å²) in [7, 11) is 0. The van der Waals surface area contributed by atoms with Gasteiger partial charge in [0, 0.05) is 12.1 Å². The monoisotopic (exact) mass is 413 g/mol. The van der Waals surface area contributed by atoms with Gasteiger partial charge in [0.15, 0.2) is 5.60 Å². The molecule has 0 bridgehead atoms. The zero-order chi connectivity index (χ0) is 21.2. The molecule has 0 heterocycles. The van der Waals surface area contributed by atoms with Gasteiger partial charge in [-0.05, 0) is 0 Å². The lowest BCUT2D eigenvalue weighted by Gasteiger charge is -2.40. The fourth-order valence-corrected chi connectivity index (χ4v) is 1.57. The smallest absolute Gasteiger partial charge is 0.399 e. The van der Waals surface area contributed by atoms with E-state index in [2.05, 4.69) is 9.47 Å². The van der Waals surface area contributed by atoms with Crippen molar-refractivity contribution in [3.05, 3.63) is 35.1 Å². The zero-order valence-electron chi connectivity index (χ0n) is 12.5. The van der Waals surface area contributed by atoms with E-state index < -0.39 is 66.1 Å². The predicted octanol–water partition coefficient (Wildman–Crippen LogP) is 2.03. The number of esters is 2. The van der Waals surface area contributed by atoms with Gasteiger partial charge in [-0.15, -0.1) is 0 Å². The lowest BCUT2D eigenvalue weighted by molar-refractivity contribution is -0.574. The van der Waals surface area contributed by atoms with Crippen LogP contribution < -0.4 is 5.11 Å². The normalized spacial score (nSPS) is 12.7. The van der Waals surface area contributed by atoms with E-state index in [1.807, 2.05) is 0 Å². The van der Waals surface area contributed by atoms with Crippen molar-refractivity contribution in [1.29, 1.82) is 0 Å². The zero-order valence-corrected chi connectivity index (χ0v) is 12.5. The van der Waals surface area contributed by atoms with Crippen molar-refractivity contribution in [1.82, 2.24) is 0 Å². The van der Waals surface area contributed by atoms with Crippen LogP contribution in [-0.4, -0.2) is 43.1 Å². The number of hydrogen-bond donors (Lipinski definition) is 0. The van der Waals surface area contributed by atoms with Crippen LogP contribution in [0.5, 0.6) is 0 Å². The molecule has 0 amide bonds. The molecule has 152 valence electrons. The van der Waals surface area contributed by atoms with Crippen molar-refractivity contribution in [2.24, 2.45) is 0 Å². The molecule has 0 atom stereocenters. The third-order valence-corrected chi connectivity index (χ3v) is 2.85. The Balaban J connectivity index is 2.74. The quantitative estimate of drug-likeness (QED) is 0.420. The summed E-state index contributed by atoms with van der Waals surface area (Å²) in [5.41, 5.74) is -7.49. The van der Waals surface area contributed by atoms with Crippen LogP contribution in [0.15, 0.2) is 12.1 Å². The summed E-state index contributed by atoms with van der Waals surface area (Å²) < 4.78 is 121. The molecule has 0 aliphatic rings. The number of hydrogen-bond acceptors (Lipinski definition) is 5. The molecule has 1 aromatic rings. The molecule has 0 aliphatic carbocycles. The summed E-state index contributed by atoms with van der Waals surface area (Å²) in [6.45, 7) is -2.72. The average molecular weight is 413 g/mol. The van der Waals surface area contributed by atoms with Gasteiger partial charge in [0.25, 0.3) is 0 Å². The van der Waals surface area contributed by atoms with Crippen molar-refractivity contribution in [2.75, 3.05) is 13.2 Å². The molecule has 0 saturated heterocycles. The minimum absolute atomic E-state index is 0.0954. The van der Waals surface area contributed by atoms with E-state index in [1.165, 1.54) is 0 Å². The first kappa shape index (κ1) is 22.5. The summed E-state index contributed by atoms with van der Waals surface area (Å²) in [4.78, 5) is 22.3. The molecular weight excluding hydrogens is 407 g/mol. The Bertz CT molecular complexity index is 689. The Labute approximate surface area is 143 Å². The standard InChI is InChI=1S/C13H6F9O5/c14-5-3-6(15)8(7(16)4-5)9(23)26-1-2-27-10(24)11(25,12(17,18)19)13(20,21)22/h3-4H,1-2H2/q-1. The van der Waals surface area contributed by atoms with Crippen LogP contribution in [0, 0.1) is 17.5 Å². The van der Waals surface area contributed by atoms with Crippen molar-refractivity contribution >= 4 is 11.9 Å². The Kier molecular flexibility index (Phi) is 6.36. The summed E-state index contributed by atoms with van der Waals surface area (Å²) in [6, 6.07) is 0.191. The van der Waals surface area contributed by atoms with Gasteiger partial charge in [0.1, 0.15) is 36.2 Å². The summed E-state index contributed by atoms with van der Waals surface area (Å²) in [5.74, 6) is -9.88. The third kappa shape index (κ3) is 4.61. The van der Waals surface area contributed by atoms with Crippen molar-refractivity contribution < 1.29 is 63.7 Å². The first-order valence-electron chi connectivity index (χ1n) is 6.45. The van der Waals surface area contributed by atoms with Crippen molar-refractivity contribution in [3.8, 4) is 0 Å². The molecular formula is C13H6F9O5-. The fraction of sp³-hybridized carbons (Fsp3) is 0.385.